The standard InChI is InChI=1S/C12H19N3O3S/c1-4-7(5-18-3)15-12-8(11(14)17)9(13)10(19-12)6(2)16/h7,15H,4-5,13H2,1-3H3,(H2,14,17). The lowest BCUT2D eigenvalue weighted by molar-refractivity contribution is 0.100. The number of carbonyl (C=O) groups excluding carboxylic acids is 2. The maximum absolute atomic E-state index is 11.5. The van der Waals surface area contributed by atoms with Gasteiger partial charge in [0.05, 0.1) is 22.7 Å². The van der Waals surface area contributed by atoms with Gasteiger partial charge in [0.25, 0.3) is 5.91 Å². The average molecular weight is 285 g/mol. The van der Waals surface area contributed by atoms with Crippen LogP contribution >= 0.6 is 11.3 Å². The smallest absolute Gasteiger partial charge is 0.253 e. The molecule has 1 atom stereocenters. The van der Waals surface area contributed by atoms with Crippen molar-refractivity contribution in [3.8, 4) is 0 Å². The van der Waals surface area contributed by atoms with Gasteiger partial charge in [0, 0.05) is 20.1 Å². The van der Waals surface area contributed by atoms with E-state index in [-0.39, 0.29) is 23.1 Å². The van der Waals surface area contributed by atoms with Crippen LogP contribution < -0.4 is 16.8 Å². The Kier molecular flexibility index (Phi) is 5.31. The number of anilines is 2. The zero-order valence-electron chi connectivity index (χ0n) is 11.3. The number of Topliss-reactive ketones (excluding diaryl/α,β-unsaturated/α-hetero) is 1. The van der Waals surface area contributed by atoms with Crippen LogP contribution in [0.4, 0.5) is 10.7 Å². The number of ketones is 1. The summed E-state index contributed by atoms with van der Waals surface area (Å²) >= 11 is 1.15. The van der Waals surface area contributed by atoms with Crippen LogP contribution in [0.5, 0.6) is 0 Å². The molecular formula is C12H19N3O3S. The molecule has 7 heteroatoms. The minimum atomic E-state index is -0.643. The third kappa shape index (κ3) is 3.45. The van der Waals surface area contributed by atoms with Crippen molar-refractivity contribution in [2.24, 2.45) is 5.73 Å². The van der Waals surface area contributed by atoms with Crippen LogP contribution in [0.25, 0.3) is 0 Å². The number of nitrogen functional groups attached to an aromatic ring is 1. The van der Waals surface area contributed by atoms with E-state index in [0.29, 0.717) is 16.5 Å². The fraction of sp³-hybridized carbons (Fsp3) is 0.500. The molecule has 1 amide bonds. The molecule has 0 bridgehead atoms. The highest BCUT2D eigenvalue weighted by Gasteiger charge is 2.23. The zero-order chi connectivity index (χ0) is 14.6. The Morgan fingerprint density at radius 2 is 2.11 bits per heavy atom. The molecule has 0 aromatic carbocycles. The number of rotatable bonds is 7. The van der Waals surface area contributed by atoms with Gasteiger partial charge in [-0.25, -0.2) is 0 Å². The van der Waals surface area contributed by atoms with Crippen molar-refractivity contribution in [2.45, 2.75) is 26.3 Å². The number of amides is 1. The molecule has 0 radical (unpaired) electrons. The maximum atomic E-state index is 11.5. The molecule has 0 spiro atoms. The number of nitrogens with one attached hydrogen (secondary N) is 1. The zero-order valence-corrected chi connectivity index (χ0v) is 12.1. The average Bonchev–Trinajstić information content (AvgIpc) is 2.65. The van der Waals surface area contributed by atoms with Gasteiger partial charge in [-0.1, -0.05) is 6.92 Å². The van der Waals surface area contributed by atoms with Gasteiger partial charge in [0.2, 0.25) is 0 Å². The van der Waals surface area contributed by atoms with E-state index in [1.54, 1.807) is 7.11 Å². The van der Waals surface area contributed by atoms with Gasteiger partial charge in [-0.15, -0.1) is 11.3 Å². The van der Waals surface area contributed by atoms with E-state index in [2.05, 4.69) is 5.32 Å². The van der Waals surface area contributed by atoms with Gasteiger partial charge in [0.1, 0.15) is 5.00 Å². The Morgan fingerprint density at radius 3 is 2.53 bits per heavy atom. The summed E-state index contributed by atoms with van der Waals surface area (Å²) in [5, 5.41) is 3.68. The lowest BCUT2D eigenvalue weighted by atomic mass is 10.2. The molecule has 6 nitrogen and oxygen atoms in total. The van der Waals surface area contributed by atoms with Crippen molar-refractivity contribution in [1.82, 2.24) is 0 Å². The van der Waals surface area contributed by atoms with Gasteiger partial charge in [-0.05, 0) is 6.42 Å². The van der Waals surface area contributed by atoms with E-state index < -0.39 is 5.91 Å². The van der Waals surface area contributed by atoms with E-state index in [1.165, 1.54) is 6.92 Å². The topological polar surface area (TPSA) is 107 Å². The highest BCUT2D eigenvalue weighted by molar-refractivity contribution is 7.19. The van der Waals surface area contributed by atoms with Gasteiger partial charge in [0.15, 0.2) is 5.78 Å². The molecule has 1 aromatic heterocycles. The lowest BCUT2D eigenvalue weighted by Crippen LogP contribution is -2.25. The van der Waals surface area contributed by atoms with Crippen LogP contribution in [0.3, 0.4) is 0 Å². The predicted molar refractivity (Wildman–Crippen MR) is 76.8 cm³/mol. The summed E-state index contributed by atoms with van der Waals surface area (Å²) in [4.78, 5) is 23.3. The quantitative estimate of drug-likeness (QED) is 0.657. The van der Waals surface area contributed by atoms with Crippen molar-refractivity contribution in [2.75, 3.05) is 24.8 Å². The third-order valence-electron chi connectivity index (χ3n) is 2.71. The SMILES string of the molecule is CCC(COC)Nc1sc(C(C)=O)c(N)c1C(N)=O. The fourth-order valence-corrected chi connectivity index (χ4v) is 2.80. The number of thiophene rings is 1. The summed E-state index contributed by atoms with van der Waals surface area (Å²) in [6, 6.07) is 0.0287. The second-order valence-electron chi connectivity index (χ2n) is 4.17. The van der Waals surface area contributed by atoms with Crippen LogP contribution in [0, 0.1) is 0 Å². The molecule has 0 aliphatic carbocycles. The molecule has 0 fully saturated rings. The first-order valence-electron chi connectivity index (χ1n) is 5.90. The van der Waals surface area contributed by atoms with Crippen LogP contribution in [0.2, 0.25) is 0 Å². The predicted octanol–water partition coefficient (Wildman–Crippen LogP) is 1.47. The van der Waals surface area contributed by atoms with Crippen LogP contribution in [-0.4, -0.2) is 31.4 Å². The first kappa shape index (κ1) is 15.5. The molecule has 0 aliphatic heterocycles. The van der Waals surface area contributed by atoms with Crippen molar-refractivity contribution in [1.29, 1.82) is 0 Å². The van der Waals surface area contributed by atoms with Crippen LogP contribution in [0.15, 0.2) is 0 Å². The summed E-state index contributed by atoms with van der Waals surface area (Å²) in [7, 11) is 1.60. The Morgan fingerprint density at radius 1 is 1.47 bits per heavy atom. The second kappa shape index (κ2) is 6.53. The van der Waals surface area contributed by atoms with Crippen molar-refractivity contribution in [3.05, 3.63) is 10.4 Å². The van der Waals surface area contributed by atoms with E-state index in [0.717, 1.165) is 17.8 Å². The molecule has 0 aliphatic rings. The van der Waals surface area contributed by atoms with E-state index >= 15 is 0 Å². The van der Waals surface area contributed by atoms with Crippen molar-refractivity contribution < 1.29 is 14.3 Å². The molecular weight excluding hydrogens is 266 g/mol. The van der Waals surface area contributed by atoms with Gasteiger partial charge < -0.3 is 21.5 Å². The first-order chi connectivity index (χ1) is 8.92. The monoisotopic (exact) mass is 285 g/mol. The Hall–Kier alpha value is -1.60. The number of hydrogen-bond donors (Lipinski definition) is 3. The number of methoxy groups -OCH3 is 1. The molecule has 0 saturated carbocycles. The Balaban J connectivity index is 3.15. The highest BCUT2D eigenvalue weighted by Crippen LogP contribution is 2.36. The summed E-state index contributed by atoms with van der Waals surface area (Å²) in [5.41, 5.74) is 11.5. The molecule has 19 heavy (non-hydrogen) atoms. The second-order valence-corrected chi connectivity index (χ2v) is 5.19. The fourth-order valence-electron chi connectivity index (χ4n) is 1.70. The summed E-state index contributed by atoms with van der Waals surface area (Å²) < 4.78 is 5.08. The summed E-state index contributed by atoms with van der Waals surface area (Å²) in [6.45, 7) is 3.88. The van der Waals surface area contributed by atoms with Crippen molar-refractivity contribution in [3.63, 3.8) is 0 Å². The largest absolute Gasteiger partial charge is 0.397 e. The van der Waals surface area contributed by atoms with E-state index in [1.807, 2.05) is 6.92 Å². The molecule has 106 valence electrons. The maximum Gasteiger partial charge on any atom is 0.253 e. The Labute approximate surface area is 116 Å². The normalized spacial score (nSPS) is 12.2. The number of nitrogens with two attached hydrogens (primary N) is 2. The van der Waals surface area contributed by atoms with Gasteiger partial charge >= 0.3 is 0 Å². The number of ether oxygens (including phenoxy) is 1. The van der Waals surface area contributed by atoms with Crippen LogP contribution in [0.1, 0.15) is 40.3 Å². The lowest BCUT2D eigenvalue weighted by Gasteiger charge is -2.16. The molecule has 0 saturated heterocycles. The minimum Gasteiger partial charge on any atom is -0.397 e. The minimum absolute atomic E-state index is 0.0287. The van der Waals surface area contributed by atoms with Crippen molar-refractivity contribution >= 4 is 33.7 Å². The molecule has 5 N–H and O–H groups in total. The van der Waals surface area contributed by atoms with E-state index in [4.69, 9.17) is 16.2 Å². The summed E-state index contributed by atoms with van der Waals surface area (Å²) in [6.07, 6.45) is 0.805. The first-order valence-corrected chi connectivity index (χ1v) is 6.72. The highest BCUT2D eigenvalue weighted by atomic mass is 32.1. The molecule has 1 aromatic rings. The molecule has 1 unspecified atom stereocenters. The Bertz CT molecular complexity index is 485. The van der Waals surface area contributed by atoms with Gasteiger partial charge in [-0.2, -0.15) is 0 Å². The number of carbonyl (C=O) groups is 2. The van der Waals surface area contributed by atoms with Crippen LogP contribution in [-0.2, 0) is 4.74 Å². The summed E-state index contributed by atoms with van der Waals surface area (Å²) in [5.74, 6) is -0.825. The molecule has 1 rings (SSSR count). The number of primary amides is 1. The third-order valence-corrected chi connectivity index (χ3v) is 3.94. The molecule has 1 heterocycles. The van der Waals surface area contributed by atoms with E-state index in [9.17, 15) is 9.59 Å². The van der Waals surface area contributed by atoms with Gasteiger partial charge in [-0.3, -0.25) is 9.59 Å². The number of hydrogen-bond acceptors (Lipinski definition) is 6.